The second-order valence-electron chi connectivity index (χ2n) is 6.16. The zero-order chi connectivity index (χ0) is 17.6. The fourth-order valence-corrected chi connectivity index (χ4v) is 2.82. The number of hydrogen-bond donors (Lipinski definition) is 1. The smallest absolute Gasteiger partial charge is 0.321 e. The van der Waals surface area contributed by atoms with Gasteiger partial charge >= 0.3 is 6.03 Å². The molecule has 1 aliphatic heterocycles. The molecule has 2 amide bonds. The third kappa shape index (κ3) is 4.41. The SMILES string of the molecule is CCN(C)c1cccc(NC(=O)N2CC[C@H](Oc3cccnc3)C2)c1. The Labute approximate surface area is 148 Å². The van der Waals surface area contributed by atoms with Crippen LogP contribution in [0.1, 0.15) is 13.3 Å². The molecular weight excluding hydrogens is 316 g/mol. The Bertz CT molecular complexity index is 708. The quantitative estimate of drug-likeness (QED) is 0.908. The van der Waals surface area contributed by atoms with Gasteiger partial charge in [-0.2, -0.15) is 0 Å². The molecule has 0 spiro atoms. The Morgan fingerprint density at radius 3 is 3.04 bits per heavy atom. The van der Waals surface area contributed by atoms with Crippen LogP contribution >= 0.6 is 0 Å². The molecule has 2 aromatic rings. The molecule has 1 N–H and O–H groups in total. The third-order valence-electron chi connectivity index (χ3n) is 4.38. The summed E-state index contributed by atoms with van der Waals surface area (Å²) in [5.74, 6) is 0.741. The summed E-state index contributed by atoms with van der Waals surface area (Å²) in [4.78, 5) is 20.5. The number of nitrogens with one attached hydrogen (secondary N) is 1. The van der Waals surface area contributed by atoms with Crippen LogP contribution in [-0.2, 0) is 0 Å². The van der Waals surface area contributed by atoms with Crippen LogP contribution < -0.4 is 15.0 Å². The Hall–Kier alpha value is -2.76. The lowest BCUT2D eigenvalue weighted by Crippen LogP contribution is -2.34. The van der Waals surface area contributed by atoms with Gasteiger partial charge in [0.25, 0.3) is 0 Å². The Morgan fingerprint density at radius 1 is 1.40 bits per heavy atom. The molecule has 1 fully saturated rings. The zero-order valence-corrected chi connectivity index (χ0v) is 14.7. The minimum atomic E-state index is -0.0893. The molecule has 1 aromatic carbocycles. The Morgan fingerprint density at radius 2 is 2.28 bits per heavy atom. The first-order chi connectivity index (χ1) is 12.2. The number of ether oxygens (including phenoxy) is 1. The first kappa shape index (κ1) is 17.1. The van der Waals surface area contributed by atoms with Gasteiger partial charge in [0.1, 0.15) is 11.9 Å². The van der Waals surface area contributed by atoms with Crippen LogP contribution in [0.15, 0.2) is 48.8 Å². The monoisotopic (exact) mass is 340 g/mol. The maximum absolute atomic E-state index is 12.5. The normalized spacial score (nSPS) is 16.6. The summed E-state index contributed by atoms with van der Waals surface area (Å²) in [5.41, 5.74) is 1.89. The van der Waals surface area contributed by atoms with Crippen molar-refractivity contribution in [2.45, 2.75) is 19.4 Å². The van der Waals surface area contributed by atoms with Gasteiger partial charge in [-0.3, -0.25) is 4.98 Å². The molecular formula is C19H24N4O2. The molecule has 6 heteroatoms. The minimum absolute atomic E-state index is 0.00695. The van der Waals surface area contributed by atoms with Gasteiger partial charge in [0, 0.05) is 44.1 Å². The van der Waals surface area contributed by atoms with E-state index in [1.165, 1.54) is 0 Å². The lowest BCUT2D eigenvalue weighted by Gasteiger charge is -2.20. The highest BCUT2D eigenvalue weighted by Gasteiger charge is 2.27. The molecule has 0 radical (unpaired) electrons. The van der Waals surface area contributed by atoms with E-state index in [9.17, 15) is 4.79 Å². The predicted molar refractivity (Wildman–Crippen MR) is 99.2 cm³/mol. The van der Waals surface area contributed by atoms with Gasteiger partial charge in [-0.1, -0.05) is 6.07 Å². The summed E-state index contributed by atoms with van der Waals surface area (Å²) in [6.45, 7) is 4.27. The van der Waals surface area contributed by atoms with Gasteiger partial charge in [0.15, 0.2) is 0 Å². The van der Waals surface area contributed by atoms with Gasteiger partial charge < -0.3 is 19.9 Å². The average molecular weight is 340 g/mol. The van der Waals surface area contributed by atoms with Crippen molar-refractivity contribution in [2.75, 3.05) is 36.9 Å². The van der Waals surface area contributed by atoms with E-state index in [0.717, 1.165) is 30.1 Å². The summed E-state index contributed by atoms with van der Waals surface area (Å²) < 4.78 is 5.88. The Kier molecular flexibility index (Phi) is 5.38. The fourth-order valence-electron chi connectivity index (χ4n) is 2.82. The summed E-state index contributed by atoms with van der Waals surface area (Å²) in [5, 5.41) is 2.98. The predicted octanol–water partition coefficient (Wildman–Crippen LogP) is 3.22. The van der Waals surface area contributed by atoms with Crippen molar-refractivity contribution in [3.8, 4) is 5.75 Å². The van der Waals surface area contributed by atoms with E-state index >= 15 is 0 Å². The van der Waals surface area contributed by atoms with Crippen LogP contribution in [0.4, 0.5) is 16.2 Å². The van der Waals surface area contributed by atoms with Crippen LogP contribution in [0.2, 0.25) is 0 Å². The Balaban J connectivity index is 1.56. The number of hydrogen-bond acceptors (Lipinski definition) is 4. The molecule has 3 rings (SSSR count). The molecule has 0 unspecified atom stereocenters. The number of nitrogens with zero attached hydrogens (tertiary/aromatic N) is 3. The molecule has 25 heavy (non-hydrogen) atoms. The summed E-state index contributed by atoms with van der Waals surface area (Å²) >= 11 is 0. The zero-order valence-electron chi connectivity index (χ0n) is 14.7. The molecule has 2 heterocycles. The van der Waals surface area contributed by atoms with Gasteiger partial charge in [-0.05, 0) is 37.3 Å². The molecule has 0 saturated carbocycles. The number of anilines is 2. The number of carbonyl (C=O) groups is 1. The maximum atomic E-state index is 12.5. The lowest BCUT2D eigenvalue weighted by atomic mass is 10.2. The fraction of sp³-hybridized carbons (Fsp3) is 0.368. The van der Waals surface area contributed by atoms with E-state index in [1.54, 1.807) is 17.3 Å². The van der Waals surface area contributed by atoms with Gasteiger partial charge in [-0.15, -0.1) is 0 Å². The molecule has 1 aromatic heterocycles. The minimum Gasteiger partial charge on any atom is -0.487 e. The van der Waals surface area contributed by atoms with Gasteiger partial charge in [0.2, 0.25) is 0 Å². The largest absolute Gasteiger partial charge is 0.487 e. The van der Waals surface area contributed by atoms with E-state index in [-0.39, 0.29) is 12.1 Å². The molecule has 1 atom stereocenters. The first-order valence-corrected chi connectivity index (χ1v) is 8.59. The number of pyridine rings is 1. The molecule has 6 nitrogen and oxygen atoms in total. The van der Waals surface area contributed by atoms with Crippen LogP contribution in [0.25, 0.3) is 0 Å². The average Bonchev–Trinajstić information content (AvgIpc) is 3.11. The summed E-state index contributed by atoms with van der Waals surface area (Å²) in [6.07, 6.45) is 4.23. The first-order valence-electron chi connectivity index (χ1n) is 8.59. The standard InChI is InChI=1S/C19H24N4O2/c1-3-22(2)16-7-4-6-15(12-16)21-19(24)23-11-9-18(14-23)25-17-8-5-10-20-13-17/h4-8,10,12-13,18H,3,9,11,14H2,1-2H3,(H,21,24)/t18-/m0/s1. The van der Waals surface area contributed by atoms with Crippen molar-refractivity contribution < 1.29 is 9.53 Å². The van der Waals surface area contributed by atoms with Crippen LogP contribution in [-0.4, -0.2) is 48.7 Å². The maximum Gasteiger partial charge on any atom is 0.321 e. The number of carbonyl (C=O) groups excluding carboxylic acids is 1. The van der Waals surface area contributed by atoms with E-state index in [0.29, 0.717) is 13.1 Å². The van der Waals surface area contributed by atoms with E-state index in [4.69, 9.17) is 4.74 Å². The van der Waals surface area contributed by atoms with Crippen LogP contribution in [0.5, 0.6) is 5.75 Å². The number of benzene rings is 1. The summed E-state index contributed by atoms with van der Waals surface area (Å²) in [6, 6.07) is 11.5. The molecule has 1 saturated heterocycles. The van der Waals surface area contributed by atoms with Crippen molar-refractivity contribution in [3.05, 3.63) is 48.8 Å². The molecule has 132 valence electrons. The topological polar surface area (TPSA) is 57.7 Å². The highest BCUT2D eigenvalue weighted by Crippen LogP contribution is 2.21. The second kappa shape index (κ2) is 7.88. The van der Waals surface area contributed by atoms with E-state index in [1.807, 2.05) is 43.4 Å². The third-order valence-corrected chi connectivity index (χ3v) is 4.38. The highest BCUT2D eigenvalue weighted by molar-refractivity contribution is 5.90. The number of likely N-dealkylation sites (tertiary alicyclic amines) is 1. The summed E-state index contributed by atoms with van der Waals surface area (Å²) in [7, 11) is 2.03. The second-order valence-corrected chi connectivity index (χ2v) is 6.16. The van der Waals surface area contributed by atoms with Crippen LogP contribution in [0.3, 0.4) is 0 Å². The van der Waals surface area contributed by atoms with Crippen molar-refractivity contribution in [1.29, 1.82) is 0 Å². The molecule has 0 aliphatic carbocycles. The molecule has 1 aliphatic rings. The van der Waals surface area contributed by atoms with E-state index < -0.39 is 0 Å². The highest BCUT2D eigenvalue weighted by atomic mass is 16.5. The van der Waals surface area contributed by atoms with Crippen molar-refractivity contribution in [2.24, 2.45) is 0 Å². The molecule has 0 bridgehead atoms. The van der Waals surface area contributed by atoms with Crippen molar-refractivity contribution in [1.82, 2.24) is 9.88 Å². The van der Waals surface area contributed by atoms with Crippen LogP contribution in [0, 0.1) is 0 Å². The van der Waals surface area contributed by atoms with Gasteiger partial charge in [0.05, 0.1) is 12.7 Å². The lowest BCUT2D eigenvalue weighted by molar-refractivity contribution is 0.194. The number of urea groups is 1. The number of rotatable bonds is 5. The van der Waals surface area contributed by atoms with E-state index in [2.05, 4.69) is 22.1 Å². The van der Waals surface area contributed by atoms with Crippen molar-refractivity contribution >= 4 is 17.4 Å². The number of aromatic nitrogens is 1. The van der Waals surface area contributed by atoms with Crippen molar-refractivity contribution in [3.63, 3.8) is 0 Å². The van der Waals surface area contributed by atoms with Gasteiger partial charge in [-0.25, -0.2) is 4.79 Å². The number of amides is 2.